The van der Waals surface area contributed by atoms with Crippen LogP contribution in [0.15, 0.2) is 30.6 Å². The predicted molar refractivity (Wildman–Crippen MR) is 78.6 cm³/mol. The number of rotatable bonds is 5. The molecule has 6 heteroatoms. The van der Waals surface area contributed by atoms with Crippen molar-refractivity contribution >= 4 is 22.6 Å². The van der Waals surface area contributed by atoms with Crippen LogP contribution in [-0.4, -0.2) is 14.8 Å². The number of nitrogens with one attached hydrogen (secondary N) is 1. The molecule has 1 unspecified atom stereocenters. The molecule has 0 fully saturated rings. The second kappa shape index (κ2) is 6.26. The van der Waals surface area contributed by atoms with Gasteiger partial charge in [0.25, 0.3) is 0 Å². The number of halogens is 1. The smallest absolute Gasteiger partial charge is 0.138 e. The van der Waals surface area contributed by atoms with Gasteiger partial charge in [0.05, 0.1) is 6.04 Å². The number of hydrogen-bond acceptors (Lipinski definition) is 4. The summed E-state index contributed by atoms with van der Waals surface area (Å²) in [6.07, 6.45) is 2.31. The molecule has 0 bridgehead atoms. The van der Waals surface area contributed by atoms with Crippen LogP contribution in [0.4, 0.5) is 0 Å². The monoisotopic (exact) mass is 357 g/mol. The van der Waals surface area contributed by atoms with Crippen molar-refractivity contribution in [3.8, 4) is 0 Å². The lowest BCUT2D eigenvalue weighted by Crippen LogP contribution is -2.31. The van der Waals surface area contributed by atoms with E-state index in [4.69, 9.17) is 5.84 Å². The van der Waals surface area contributed by atoms with Crippen molar-refractivity contribution in [2.75, 3.05) is 0 Å². The molecule has 0 radical (unpaired) electrons. The number of nitrogens with two attached hydrogens (primary N) is 1. The fourth-order valence-corrected chi connectivity index (χ4v) is 2.67. The summed E-state index contributed by atoms with van der Waals surface area (Å²) in [6.45, 7) is 2.87. The molecule has 0 aliphatic heterocycles. The molecular weight excluding hydrogens is 341 g/mol. The molecule has 18 heavy (non-hydrogen) atoms. The normalized spacial score (nSPS) is 12.6. The molecule has 1 aromatic heterocycles. The molecule has 2 aromatic rings. The Morgan fingerprint density at radius 1 is 1.44 bits per heavy atom. The Balaban J connectivity index is 2.23. The second-order valence-electron chi connectivity index (χ2n) is 3.94. The summed E-state index contributed by atoms with van der Waals surface area (Å²) in [5.41, 5.74) is 4.05. The lowest BCUT2D eigenvalue weighted by atomic mass is 10.0. The molecule has 2 rings (SSSR count). The van der Waals surface area contributed by atoms with Crippen LogP contribution in [0.2, 0.25) is 0 Å². The van der Waals surface area contributed by atoms with Gasteiger partial charge in [0.1, 0.15) is 12.2 Å². The van der Waals surface area contributed by atoms with Gasteiger partial charge in [-0.25, -0.2) is 4.98 Å². The molecule has 0 aliphatic rings. The Kier molecular flexibility index (Phi) is 4.67. The Bertz CT molecular complexity index is 511. The van der Waals surface area contributed by atoms with E-state index in [1.54, 1.807) is 6.33 Å². The van der Waals surface area contributed by atoms with Gasteiger partial charge in [-0.3, -0.25) is 16.0 Å². The van der Waals surface area contributed by atoms with Crippen LogP contribution in [0.3, 0.4) is 0 Å². The zero-order valence-electron chi connectivity index (χ0n) is 10.2. The van der Waals surface area contributed by atoms with Crippen LogP contribution in [0.5, 0.6) is 0 Å². The fraction of sp³-hybridized carbons (Fsp3) is 0.333. The van der Waals surface area contributed by atoms with Crippen molar-refractivity contribution in [2.24, 2.45) is 5.84 Å². The van der Waals surface area contributed by atoms with Crippen molar-refractivity contribution in [1.29, 1.82) is 0 Å². The summed E-state index contributed by atoms with van der Waals surface area (Å²) in [4.78, 5) is 4.28. The summed E-state index contributed by atoms with van der Waals surface area (Å²) in [5, 5.41) is 4.17. The van der Waals surface area contributed by atoms with Gasteiger partial charge in [-0.2, -0.15) is 5.10 Å². The summed E-state index contributed by atoms with van der Waals surface area (Å²) >= 11 is 2.32. The molecule has 0 spiro atoms. The van der Waals surface area contributed by atoms with E-state index in [0.717, 1.165) is 18.8 Å². The van der Waals surface area contributed by atoms with Gasteiger partial charge in [-0.15, -0.1) is 0 Å². The number of nitrogens with zero attached hydrogens (tertiary/aromatic N) is 3. The summed E-state index contributed by atoms with van der Waals surface area (Å²) in [6, 6.07) is 8.25. The van der Waals surface area contributed by atoms with E-state index in [1.807, 2.05) is 16.8 Å². The van der Waals surface area contributed by atoms with Crippen LogP contribution in [0.25, 0.3) is 0 Å². The van der Waals surface area contributed by atoms with Gasteiger partial charge in [-0.05, 0) is 41.1 Å². The van der Waals surface area contributed by atoms with Crippen molar-refractivity contribution < 1.29 is 0 Å². The third-order valence-electron chi connectivity index (χ3n) is 2.86. The van der Waals surface area contributed by atoms with E-state index in [1.165, 1.54) is 9.13 Å². The molecule has 1 aromatic carbocycles. The zero-order chi connectivity index (χ0) is 13.0. The van der Waals surface area contributed by atoms with Gasteiger partial charge in [0, 0.05) is 16.5 Å². The van der Waals surface area contributed by atoms with E-state index in [9.17, 15) is 0 Å². The number of aryl methyl sites for hydroxylation is 1. The standard InChI is InChI=1S/C12H16IN5/c1-2-18-12(15-8-16-18)7-11(17-14)9-5-3-4-6-10(9)13/h3-6,8,11,17H,2,7,14H2,1H3. The maximum Gasteiger partial charge on any atom is 0.138 e. The Morgan fingerprint density at radius 3 is 2.89 bits per heavy atom. The van der Waals surface area contributed by atoms with Crippen molar-refractivity contribution in [3.05, 3.63) is 45.6 Å². The number of hydrazine groups is 1. The van der Waals surface area contributed by atoms with Gasteiger partial charge in [0.15, 0.2) is 0 Å². The average molecular weight is 357 g/mol. The van der Waals surface area contributed by atoms with Crippen molar-refractivity contribution in [2.45, 2.75) is 25.9 Å². The van der Waals surface area contributed by atoms with Gasteiger partial charge in [-0.1, -0.05) is 18.2 Å². The van der Waals surface area contributed by atoms with Crippen LogP contribution in [0, 0.1) is 3.57 Å². The van der Waals surface area contributed by atoms with E-state index in [0.29, 0.717) is 0 Å². The number of hydrogen-bond donors (Lipinski definition) is 2. The summed E-state index contributed by atoms with van der Waals surface area (Å²) in [5.74, 6) is 6.62. The first kappa shape index (κ1) is 13.4. The molecule has 1 heterocycles. The highest BCUT2D eigenvalue weighted by molar-refractivity contribution is 14.1. The highest BCUT2D eigenvalue weighted by Crippen LogP contribution is 2.22. The minimum absolute atomic E-state index is 0.0487. The Morgan fingerprint density at radius 2 is 2.22 bits per heavy atom. The van der Waals surface area contributed by atoms with Crippen molar-refractivity contribution in [1.82, 2.24) is 20.2 Å². The van der Waals surface area contributed by atoms with E-state index in [-0.39, 0.29) is 6.04 Å². The lowest BCUT2D eigenvalue weighted by Gasteiger charge is -2.17. The maximum atomic E-state index is 5.67. The Labute approximate surface area is 120 Å². The first-order chi connectivity index (χ1) is 8.76. The second-order valence-corrected chi connectivity index (χ2v) is 5.10. The molecule has 1 atom stereocenters. The zero-order valence-corrected chi connectivity index (χ0v) is 12.3. The third kappa shape index (κ3) is 2.88. The molecule has 96 valence electrons. The number of benzene rings is 1. The van der Waals surface area contributed by atoms with Crippen LogP contribution in [-0.2, 0) is 13.0 Å². The molecule has 0 saturated heterocycles. The molecule has 0 aliphatic carbocycles. The quantitative estimate of drug-likeness (QED) is 0.485. The van der Waals surface area contributed by atoms with E-state index in [2.05, 4.69) is 57.2 Å². The SMILES string of the molecule is CCn1ncnc1CC(NN)c1ccccc1I. The number of aromatic nitrogens is 3. The first-order valence-electron chi connectivity index (χ1n) is 5.83. The van der Waals surface area contributed by atoms with Crippen LogP contribution in [0.1, 0.15) is 24.4 Å². The van der Waals surface area contributed by atoms with Gasteiger partial charge < -0.3 is 0 Å². The predicted octanol–water partition coefficient (Wildman–Crippen LogP) is 1.65. The third-order valence-corrected chi connectivity index (χ3v) is 3.85. The van der Waals surface area contributed by atoms with Crippen LogP contribution >= 0.6 is 22.6 Å². The summed E-state index contributed by atoms with van der Waals surface area (Å²) < 4.78 is 3.08. The minimum Gasteiger partial charge on any atom is -0.271 e. The topological polar surface area (TPSA) is 68.8 Å². The van der Waals surface area contributed by atoms with Gasteiger partial charge in [0.2, 0.25) is 0 Å². The molecule has 0 amide bonds. The fourth-order valence-electron chi connectivity index (χ4n) is 1.91. The van der Waals surface area contributed by atoms with E-state index >= 15 is 0 Å². The highest BCUT2D eigenvalue weighted by atomic mass is 127. The molecule has 5 nitrogen and oxygen atoms in total. The van der Waals surface area contributed by atoms with Crippen LogP contribution < -0.4 is 11.3 Å². The largest absolute Gasteiger partial charge is 0.271 e. The summed E-state index contributed by atoms with van der Waals surface area (Å²) in [7, 11) is 0. The Hall–Kier alpha value is -0.990. The average Bonchev–Trinajstić information content (AvgIpc) is 2.84. The molecule has 3 N–H and O–H groups in total. The lowest BCUT2D eigenvalue weighted by molar-refractivity contribution is 0.509. The van der Waals surface area contributed by atoms with Crippen molar-refractivity contribution in [3.63, 3.8) is 0 Å². The van der Waals surface area contributed by atoms with Gasteiger partial charge >= 0.3 is 0 Å². The minimum atomic E-state index is 0.0487. The van der Waals surface area contributed by atoms with E-state index < -0.39 is 0 Å². The highest BCUT2D eigenvalue weighted by Gasteiger charge is 2.16. The molecular formula is C12H16IN5. The molecule has 0 saturated carbocycles. The first-order valence-corrected chi connectivity index (χ1v) is 6.91. The maximum absolute atomic E-state index is 5.67.